The third kappa shape index (κ3) is 7.69. The van der Waals surface area contributed by atoms with E-state index in [0.29, 0.717) is 30.3 Å². The third-order valence-electron chi connectivity index (χ3n) is 5.33. The van der Waals surface area contributed by atoms with Gasteiger partial charge in [0.15, 0.2) is 0 Å². The molecule has 1 heterocycles. The van der Waals surface area contributed by atoms with Crippen molar-refractivity contribution < 1.29 is 17.9 Å². The molecule has 29 heavy (non-hydrogen) atoms. The lowest BCUT2D eigenvalue weighted by Gasteiger charge is -2.14. The van der Waals surface area contributed by atoms with Gasteiger partial charge < -0.3 is 9.47 Å². The summed E-state index contributed by atoms with van der Waals surface area (Å²) in [4.78, 5) is 0.268. The van der Waals surface area contributed by atoms with Crippen molar-refractivity contribution in [2.75, 3.05) is 13.2 Å². The molecule has 0 N–H and O–H groups in total. The van der Waals surface area contributed by atoms with E-state index in [0.717, 1.165) is 25.7 Å². The first-order chi connectivity index (χ1) is 14.1. The molecule has 0 radical (unpaired) electrons. The molecule has 2 rings (SSSR count). The van der Waals surface area contributed by atoms with E-state index in [1.54, 1.807) is 12.1 Å². The molecule has 1 aliphatic heterocycles. The van der Waals surface area contributed by atoms with E-state index in [9.17, 15) is 8.42 Å². The Morgan fingerprint density at radius 2 is 1.17 bits per heavy atom. The number of unbranched alkanes of at least 4 members (excludes halogenated alkanes) is 10. The molecule has 0 amide bonds. The predicted octanol–water partition coefficient (Wildman–Crippen LogP) is 6.92. The fourth-order valence-electron chi connectivity index (χ4n) is 3.61. The minimum Gasteiger partial charge on any atom is -0.493 e. The highest BCUT2D eigenvalue weighted by Crippen LogP contribution is 2.40. The van der Waals surface area contributed by atoms with Crippen LogP contribution in [0.3, 0.4) is 0 Å². The summed E-state index contributed by atoms with van der Waals surface area (Å²) in [5.74, 6) is 1.09. The average molecular weight is 423 g/mol. The van der Waals surface area contributed by atoms with Crippen LogP contribution in [-0.2, 0) is 9.84 Å². The first-order valence-electron chi connectivity index (χ1n) is 11.5. The third-order valence-corrected chi connectivity index (χ3v) is 6.81. The molecule has 0 saturated carbocycles. The number of fused-ring (bicyclic) bond motifs is 1. The summed E-state index contributed by atoms with van der Waals surface area (Å²) in [5.41, 5.74) is 0.636. The van der Waals surface area contributed by atoms with E-state index < -0.39 is 9.84 Å². The molecule has 0 spiro atoms. The van der Waals surface area contributed by atoms with Crippen LogP contribution in [0.25, 0.3) is 6.08 Å². The van der Waals surface area contributed by atoms with E-state index >= 15 is 0 Å². The van der Waals surface area contributed by atoms with Gasteiger partial charge in [0, 0.05) is 11.0 Å². The molecule has 4 nitrogen and oxygen atoms in total. The summed E-state index contributed by atoms with van der Waals surface area (Å²) in [6, 6.07) is 3.59. The van der Waals surface area contributed by atoms with Gasteiger partial charge >= 0.3 is 0 Å². The Kier molecular flexibility index (Phi) is 10.6. The molecule has 0 fully saturated rings. The summed E-state index contributed by atoms with van der Waals surface area (Å²) >= 11 is 0. The van der Waals surface area contributed by atoms with Crippen molar-refractivity contribution in [3.63, 3.8) is 0 Å². The summed E-state index contributed by atoms with van der Waals surface area (Å²) in [7, 11) is -3.44. The van der Waals surface area contributed by atoms with Gasteiger partial charge in [0.1, 0.15) is 16.4 Å². The summed E-state index contributed by atoms with van der Waals surface area (Å²) < 4.78 is 36.7. The molecule has 5 heteroatoms. The van der Waals surface area contributed by atoms with Crippen LogP contribution in [0, 0.1) is 0 Å². The second-order valence-corrected chi connectivity index (χ2v) is 9.66. The van der Waals surface area contributed by atoms with Gasteiger partial charge in [-0.05, 0) is 31.1 Å². The molecule has 0 aromatic heterocycles. The van der Waals surface area contributed by atoms with E-state index in [1.807, 2.05) is 6.07 Å². The Bertz CT molecular complexity index is 737. The van der Waals surface area contributed by atoms with Crippen LogP contribution in [0.2, 0.25) is 0 Å². The number of ether oxygens (including phenoxy) is 2. The Morgan fingerprint density at radius 1 is 0.690 bits per heavy atom. The summed E-state index contributed by atoms with van der Waals surface area (Å²) in [5, 5.41) is 1.26. The normalized spacial score (nSPS) is 14.1. The lowest BCUT2D eigenvalue weighted by molar-refractivity contribution is 0.289. The lowest BCUT2D eigenvalue weighted by atomic mass is 10.1. The molecule has 0 atom stereocenters. The maximum Gasteiger partial charge on any atom is 0.204 e. The fourth-order valence-corrected chi connectivity index (χ4v) is 4.94. The van der Waals surface area contributed by atoms with Gasteiger partial charge in [0.2, 0.25) is 9.84 Å². The first-order valence-corrected chi connectivity index (χ1v) is 13.0. The van der Waals surface area contributed by atoms with Gasteiger partial charge in [-0.15, -0.1) is 0 Å². The maximum absolute atomic E-state index is 12.5. The van der Waals surface area contributed by atoms with Gasteiger partial charge in [-0.25, -0.2) is 8.42 Å². The zero-order valence-corrected chi connectivity index (χ0v) is 19.1. The second-order valence-electron chi connectivity index (χ2n) is 7.88. The fraction of sp³-hybridized carbons (Fsp3) is 0.667. The number of benzene rings is 1. The largest absolute Gasteiger partial charge is 0.493 e. The molecule has 0 aliphatic carbocycles. The number of hydrogen-bond donors (Lipinski definition) is 0. The SMILES string of the molecule is CCCCCCCCOc1ccc(OCCCCCCCC)c2c1C=CS2(=O)=O. The zero-order chi connectivity index (χ0) is 21.0. The molecule has 1 aliphatic rings. The van der Waals surface area contributed by atoms with E-state index in [1.165, 1.54) is 56.8 Å². The lowest BCUT2D eigenvalue weighted by Crippen LogP contribution is -2.05. The monoisotopic (exact) mass is 422 g/mol. The molecule has 1 aromatic carbocycles. The number of hydrogen-bond acceptors (Lipinski definition) is 4. The zero-order valence-electron chi connectivity index (χ0n) is 18.3. The molecular formula is C24H38O4S. The van der Waals surface area contributed by atoms with Gasteiger partial charge in [-0.3, -0.25) is 0 Å². The van der Waals surface area contributed by atoms with Crippen LogP contribution in [0.1, 0.15) is 96.5 Å². The van der Waals surface area contributed by atoms with Crippen molar-refractivity contribution in [1.82, 2.24) is 0 Å². The van der Waals surface area contributed by atoms with Crippen LogP contribution in [0.5, 0.6) is 11.5 Å². The minimum absolute atomic E-state index is 0.268. The highest BCUT2D eigenvalue weighted by atomic mass is 32.2. The average Bonchev–Trinajstić information content (AvgIpc) is 3.03. The molecule has 164 valence electrons. The highest BCUT2D eigenvalue weighted by Gasteiger charge is 2.28. The van der Waals surface area contributed by atoms with Crippen molar-refractivity contribution in [3.05, 3.63) is 23.1 Å². The topological polar surface area (TPSA) is 52.6 Å². The number of rotatable bonds is 16. The van der Waals surface area contributed by atoms with Crippen molar-refractivity contribution in [1.29, 1.82) is 0 Å². The Balaban J connectivity index is 1.87. The molecule has 1 aromatic rings. The van der Waals surface area contributed by atoms with Crippen molar-refractivity contribution in [2.45, 2.75) is 95.8 Å². The first kappa shape index (κ1) is 23.8. The van der Waals surface area contributed by atoms with Crippen LogP contribution in [0.4, 0.5) is 0 Å². The van der Waals surface area contributed by atoms with Crippen molar-refractivity contribution >= 4 is 15.9 Å². The van der Waals surface area contributed by atoms with E-state index in [2.05, 4.69) is 13.8 Å². The quantitative estimate of drug-likeness (QED) is 0.271. The van der Waals surface area contributed by atoms with Crippen LogP contribution >= 0.6 is 0 Å². The highest BCUT2D eigenvalue weighted by molar-refractivity contribution is 7.95. The molecular weight excluding hydrogens is 384 g/mol. The molecule has 0 unspecified atom stereocenters. The van der Waals surface area contributed by atoms with E-state index in [-0.39, 0.29) is 4.90 Å². The molecule has 0 saturated heterocycles. The summed E-state index contributed by atoms with van der Waals surface area (Å²) in [6.07, 6.45) is 15.9. The maximum atomic E-state index is 12.5. The van der Waals surface area contributed by atoms with Crippen molar-refractivity contribution in [3.8, 4) is 11.5 Å². The second kappa shape index (κ2) is 12.9. The Morgan fingerprint density at radius 3 is 1.76 bits per heavy atom. The van der Waals surface area contributed by atoms with Gasteiger partial charge in [-0.2, -0.15) is 0 Å². The van der Waals surface area contributed by atoms with Crippen LogP contribution in [0.15, 0.2) is 22.4 Å². The van der Waals surface area contributed by atoms with Crippen LogP contribution in [-0.4, -0.2) is 21.6 Å². The Hall–Kier alpha value is -1.49. The van der Waals surface area contributed by atoms with Crippen LogP contribution < -0.4 is 9.47 Å². The molecule has 0 bridgehead atoms. The minimum atomic E-state index is -3.44. The summed E-state index contributed by atoms with van der Waals surface area (Å²) in [6.45, 7) is 5.59. The van der Waals surface area contributed by atoms with Gasteiger partial charge in [0.05, 0.1) is 13.2 Å². The van der Waals surface area contributed by atoms with Crippen molar-refractivity contribution in [2.24, 2.45) is 0 Å². The smallest absolute Gasteiger partial charge is 0.204 e. The van der Waals surface area contributed by atoms with Gasteiger partial charge in [0.25, 0.3) is 0 Å². The van der Waals surface area contributed by atoms with E-state index in [4.69, 9.17) is 9.47 Å². The Labute approximate surface area is 177 Å². The number of sulfone groups is 1. The van der Waals surface area contributed by atoms with Gasteiger partial charge in [-0.1, -0.05) is 78.1 Å². The standard InChI is InChI=1S/C24H38O4S/c1-3-5-7-9-11-13-18-27-22-15-16-23(24-21(22)17-20-29(24,25)26)28-19-14-12-10-8-6-4-2/h15-17,20H,3-14,18-19H2,1-2H3. The predicted molar refractivity (Wildman–Crippen MR) is 120 cm³/mol.